The number of rotatable bonds is 2. The molecule has 0 saturated heterocycles. The first kappa shape index (κ1) is 12.9. The van der Waals surface area contributed by atoms with Crippen molar-refractivity contribution in [1.29, 1.82) is 0 Å². The number of hydrogen-bond donors (Lipinski definition) is 0. The third kappa shape index (κ3) is 3.21. The van der Waals surface area contributed by atoms with Crippen LogP contribution in [0.2, 0.25) is 5.02 Å². The topological polar surface area (TPSA) is 22.1 Å². The predicted molar refractivity (Wildman–Crippen MR) is 75.9 cm³/mol. The van der Waals surface area contributed by atoms with Crippen LogP contribution in [0, 0.1) is 6.92 Å². The number of aromatic nitrogens is 1. The molecule has 0 unspecified atom stereocenters. The van der Waals surface area contributed by atoms with Gasteiger partial charge < -0.3 is 4.74 Å². The Morgan fingerprint density at radius 2 is 2.00 bits per heavy atom. The summed E-state index contributed by atoms with van der Waals surface area (Å²) < 4.78 is 7.42. The molecular formula is C12H8Br2ClNO. The average molecular weight is 377 g/mol. The minimum atomic E-state index is 0.496. The van der Waals surface area contributed by atoms with Crippen LogP contribution < -0.4 is 4.74 Å². The van der Waals surface area contributed by atoms with E-state index in [0.29, 0.717) is 10.9 Å². The Hall–Kier alpha value is -0.580. The monoisotopic (exact) mass is 375 g/mol. The number of ether oxygens (including phenoxy) is 1. The molecule has 0 aliphatic carbocycles. The van der Waals surface area contributed by atoms with Crippen molar-refractivity contribution in [2.24, 2.45) is 0 Å². The van der Waals surface area contributed by atoms with E-state index in [1.165, 1.54) is 0 Å². The molecule has 0 amide bonds. The van der Waals surface area contributed by atoms with Crippen LogP contribution in [0.25, 0.3) is 0 Å². The highest BCUT2D eigenvalue weighted by Crippen LogP contribution is 2.32. The van der Waals surface area contributed by atoms with Crippen LogP contribution in [0.4, 0.5) is 0 Å². The van der Waals surface area contributed by atoms with Gasteiger partial charge in [-0.1, -0.05) is 33.6 Å². The van der Waals surface area contributed by atoms with Crippen LogP contribution in [0.1, 0.15) is 5.56 Å². The summed E-state index contributed by atoms with van der Waals surface area (Å²) in [5, 5.41) is 0.565. The van der Waals surface area contributed by atoms with Gasteiger partial charge in [0, 0.05) is 10.7 Å². The fourth-order valence-corrected chi connectivity index (χ4v) is 2.32. The van der Waals surface area contributed by atoms with Crippen molar-refractivity contribution in [2.45, 2.75) is 6.92 Å². The fraction of sp³-hybridized carbons (Fsp3) is 0.0833. The lowest BCUT2D eigenvalue weighted by Crippen LogP contribution is -1.91. The van der Waals surface area contributed by atoms with Gasteiger partial charge in [0.25, 0.3) is 0 Å². The van der Waals surface area contributed by atoms with Gasteiger partial charge in [-0.3, -0.25) is 0 Å². The van der Waals surface area contributed by atoms with Crippen molar-refractivity contribution in [3.8, 4) is 11.6 Å². The van der Waals surface area contributed by atoms with Crippen molar-refractivity contribution in [2.75, 3.05) is 0 Å². The largest absolute Gasteiger partial charge is 0.438 e. The maximum absolute atomic E-state index is 5.82. The highest BCUT2D eigenvalue weighted by molar-refractivity contribution is 9.10. The van der Waals surface area contributed by atoms with Crippen molar-refractivity contribution in [1.82, 2.24) is 4.98 Å². The van der Waals surface area contributed by atoms with Gasteiger partial charge in [-0.15, -0.1) is 0 Å². The van der Waals surface area contributed by atoms with Crippen LogP contribution in [0.5, 0.6) is 11.6 Å². The number of benzene rings is 1. The minimum Gasteiger partial charge on any atom is -0.438 e. The molecule has 0 spiro atoms. The molecule has 5 heteroatoms. The molecule has 0 bridgehead atoms. The van der Waals surface area contributed by atoms with E-state index in [1.807, 2.05) is 25.1 Å². The lowest BCUT2D eigenvalue weighted by molar-refractivity contribution is 0.456. The van der Waals surface area contributed by atoms with E-state index in [9.17, 15) is 0 Å². The minimum absolute atomic E-state index is 0.496. The molecule has 0 aliphatic heterocycles. The summed E-state index contributed by atoms with van der Waals surface area (Å²) in [6.07, 6.45) is 1.55. The van der Waals surface area contributed by atoms with E-state index in [-0.39, 0.29) is 0 Å². The van der Waals surface area contributed by atoms with Crippen LogP contribution >= 0.6 is 43.5 Å². The van der Waals surface area contributed by atoms with Gasteiger partial charge in [0.1, 0.15) is 5.75 Å². The van der Waals surface area contributed by atoms with Gasteiger partial charge in [0.15, 0.2) is 0 Å². The highest BCUT2D eigenvalue weighted by atomic mass is 79.9. The SMILES string of the molecule is Cc1ccc(Br)cc1Oc1ncc(Cl)cc1Br. The van der Waals surface area contributed by atoms with E-state index in [0.717, 1.165) is 20.3 Å². The zero-order chi connectivity index (χ0) is 12.4. The summed E-state index contributed by atoms with van der Waals surface area (Å²) in [6, 6.07) is 7.59. The third-order valence-electron chi connectivity index (χ3n) is 2.13. The smallest absolute Gasteiger partial charge is 0.233 e. The van der Waals surface area contributed by atoms with Gasteiger partial charge >= 0.3 is 0 Å². The van der Waals surface area contributed by atoms with Crippen molar-refractivity contribution >= 4 is 43.5 Å². The maximum Gasteiger partial charge on any atom is 0.233 e. The first-order chi connectivity index (χ1) is 8.06. The van der Waals surface area contributed by atoms with Gasteiger partial charge in [-0.25, -0.2) is 4.98 Å². The Labute approximate surface area is 121 Å². The molecule has 2 aromatic rings. The lowest BCUT2D eigenvalue weighted by atomic mass is 10.2. The number of hydrogen-bond acceptors (Lipinski definition) is 2. The number of aryl methyl sites for hydroxylation is 1. The zero-order valence-electron chi connectivity index (χ0n) is 8.88. The third-order valence-corrected chi connectivity index (χ3v) is 3.40. The Morgan fingerprint density at radius 1 is 1.24 bits per heavy atom. The summed E-state index contributed by atoms with van der Waals surface area (Å²) in [6.45, 7) is 1.98. The predicted octanol–water partition coefficient (Wildman–Crippen LogP) is 5.36. The zero-order valence-corrected chi connectivity index (χ0v) is 12.8. The molecule has 1 heterocycles. The van der Waals surface area contributed by atoms with Gasteiger partial charge in [-0.05, 0) is 46.6 Å². The molecule has 1 aromatic heterocycles. The number of nitrogens with zero attached hydrogens (tertiary/aromatic N) is 1. The van der Waals surface area contributed by atoms with Gasteiger partial charge in [-0.2, -0.15) is 0 Å². The van der Waals surface area contributed by atoms with Gasteiger partial charge in [0.2, 0.25) is 5.88 Å². The van der Waals surface area contributed by atoms with Crippen LogP contribution in [0.15, 0.2) is 39.4 Å². The molecule has 0 atom stereocenters. The molecule has 17 heavy (non-hydrogen) atoms. The van der Waals surface area contributed by atoms with E-state index < -0.39 is 0 Å². The maximum atomic E-state index is 5.82. The second kappa shape index (κ2) is 5.38. The molecule has 0 aliphatic rings. The highest BCUT2D eigenvalue weighted by Gasteiger charge is 2.07. The number of halogens is 3. The summed E-state index contributed by atoms with van der Waals surface area (Å²) >= 11 is 12.6. The average Bonchev–Trinajstić information content (AvgIpc) is 2.27. The molecule has 0 N–H and O–H groups in total. The van der Waals surface area contributed by atoms with E-state index in [4.69, 9.17) is 16.3 Å². The first-order valence-electron chi connectivity index (χ1n) is 4.81. The van der Waals surface area contributed by atoms with Crippen LogP contribution in [-0.4, -0.2) is 4.98 Å². The van der Waals surface area contributed by atoms with E-state index in [1.54, 1.807) is 12.3 Å². The summed E-state index contributed by atoms with van der Waals surface area (Å²) in [5.74, 6) is 1.26. The standard InChI is InChI=1S/C12H8Br2ClNO/c1-7-2-3-8(13)4-11(7)17-12-10(14)5-9(15)6-16-12/h2-6H,1H3. The van der Waals surface area contributed by atoms with Crippen molar-refractivity contribution in [3.63, 3.8) is 0 Å². The second-order valence-corrected chi connectivity index (χ2v) is 5.66. The first-order valence-corrected chi connectivity index (χ1v) is 6.78. The molecule has 0 radical (unpaired) electrons. The van der Waals surface area contributed by atoms with Crippen molar-refractivity contribution < 1.29 is 4.74 Å². The second-order valence-electron chi connectivity index (χ2n) is 3.45. The van der Waals surface area contributed by atoms with E-state index >= 15 is 0 Å². The molecule has 0 fully saturated rings. The Bertz CT molecular complexity index is 560. The van der Waals surface area contributed by atoms with Gasteiger partial charge in [0.05, 0.1) is 9.50 Å². The quantitative estimate of drug-likeness (QED) is 0.703. The van der Waals surface area contributed by atoms with Crippen molar-refractivity contribution in [3.05, 3.63) is 50.0 Å². The molecule has 0 saturated carbocycles. The summed E-state index contributed by atoms with van der Waals surface area (Å²) in [4.78, 5) is 4.13. The summed E-state index contributed by atoms with van der Waals surface area (Å²) in [5.41, 5.74) is 1.04. The van der Waals surface area contributed by atoms with E-state index in [2.05, 4.69) is 36.8 Å². The Balaban J connectivity index is 2.34. The fourth-order valence-electron chi connectivity index (χ4n) is 1.27. The Morgan fingerprint density at radius 3 is 2.71 bits per heavy atom. The molecule has 2 nitrogen and oxygen atoms in total. The van der Waals surface area contributed by atoms with Crippen LogP contribution in [-0.2, 0) is 0 Å². The molecule has 88 valence electrons. The Kier molecular flexibility index (Phi) is 4.07. The molecule has 2 rings (SSSR count). The normalized spacial score (nSPS) is 10.4. The lowest BCUT2D eigenvalue weighted by Gasteiger charge is -2.09. The molecular weight excluding hydrogens is 369 g/mol. The molecule has 1 aromatic carbocycles. The van der Waals surface area contributed by atoms with Crippen LogP contribution in [0.3, 0.4) is 0 Å². The summed E-state index contributed by atoms with van der Waals surface area (Å²) in [7, 11) is 0. The number of pyridine rings is 1.